The molecule has 1 amide bonds. The van der Waals surface area contributed by atoms with Gasteiger partial charge >= 0.3 is 0 Å². The number of anilines is 1. The second-order valence-electron chi connectivity index (χ2n) is 6.45. The van der Waals surface area contributed by atoms with Gasteiger partial charge in [0.25, 0.3) is 0 Å². The van der Waals surface area contributed by atoms with Crippen LogP contribution in [0.15, 0.2) is 63.6 Å². The molecule has 4 nitrogen and oxygen atoms in total. The SMILES string of the molecule is CC(C)c1ccc(-c2cnc(CCC(=O)Nc3ccc(Br)cc3)o2)cc1. The molecule has 0 fully saturated rings. The molecule has 0 aliphatic heterocycles. The van der Waals surface area contributed by atoms with E-state index in [9.17, 15) is 4.79 Å². The van der Waals surface area contributed by atoms with E-state index in [1.165, 1.54) is 5.56 Å². The van der Waals surface area contributed by atoms with Crippen molar-refractivity contribution in [2.45, 2.75) is 32.6 Å². The Kier molecular flexibility index (Phi) is 5.89. The third-order valence-corrected chi connectivity index (χ3v) is 4.64. The molecule has 134 valence electrons. The Hall–Kier alpha value is -2.40. The summed E-state index contributed by atoms with van der Waals surface area (Å²) in [4.78, 5) is 16.3. The minimum absolute atomic E-state index is 0.0617. The quantitative estimate of drug-likeness (QED) is 0.556. The first-order chi connectivity index (χ1) is 12.5. The number of hydrogen-bond acceptors (Lipinski definition) is 3. The summed E-state index contributed by atoms with van der Waals surface area (Å²) in [5.74, 6) is 1.73. The number of aryl methyl sites for hydroxylation is 1. The van der Waals surface area contributed by atoms with E-state index < -0.39 is 0 Å². The Balaban J connectivity index is 1.56. The summed E-state index contributed by atoms with van der Waals surface area (Å²) in [6.07, 6.45) is 2.50. The van der Waals surface area contributed by atoms with Crippen LogP contribution in [0, 0.1) is 0 Å². The molecule has 5 heteroatoms. The van der Waals surface area contributed by atoms with E-state index in [-0.39, 0.29) is 5.91 Å². The molecule has 26 heavy (non-hydrogen) atoms. The minimum Gasteiger partial charge on any atom is -0.441 e. The second kappa shape index (κ2) is 8.32. The van der Waals surface area contributed by atoms with Crippen LogP contribution in [0.25, 0.3) is 11.3 Å². The highest BCUT2D eigenvalue weighted by atomic mass is 79.9. The summed E-state index contributed by atoms with van der Waals surface area (Å²) in [5, 5.41) is 2.87. The molecule has 0 radical (unpaired) electrons. The van der Waals surface area contributed by atoms with Crippen molar-refractivity contribution >= 4 is 27.5 Å². The number of benzene rings is 2. The average molecular weight is 413 g/mol. The second-order valence-corrected chi connectivity index (χ2v) is 7.37. The molecular formula is C21H21BrN2O2. The van der Waals surface area contributed by atoms with Gasteiger partial charge in [0.2, 0.25) is 5.91 Å². The molecule has 0 unspecified atom stereocenters. The predicted octanol–water partition coefficient (Wildman–Crippen LogP) is 5.80. The van der Waals surface area contributed by atoms with E-state index in [1.54, 1.807) is 6.20 Å². The van der Waals surface area contributed by atoms with Gasteiger partial charge < -0.3 is 9.73 Å². The van der Waals surface area contributed by atoms with Crippen molar-refractivity contribution in [1.29, 1.82) is 0 Å². The number of halogens is 1. The van der Waals surface area contributed by atoms with Gasteiger partial charge in [0.15, 0.2) is 11.7 Å². The van der Waals surface area contributed by atoms with Crippen LogP contribution in [0.3, 0.4) is 0 Å². The van der Waals surface area contributed by atoms with Gasteiger partial charge in [0.05, 0.1) is 6.20 Å². The molecule has 0 aliphatic rings. The highest BCUT2D eigenvalue weighted by Crippen LogP contribution is 2.24. The fraction of sp³-hybridized carbons (Fsp3) is 0.238. The zero-order valence-electron chi connectivity index (χ0n) is 14.8. The van der Waals surface area contributed by atoms with E-state index in [2.05, 4.69) is 52.2 Å². The molecule has 0 saturated heterocycles. The van der Waals surface area contributed by atoms with Crippen LogP contribution in [0.4, 0.5) is 5.69 Å². The molecule has 0 bridgehead atoms. The van der Waals surface area contributed by atoms with E-state index >= 15 is 0 Å². The Morgan fingerprint density at radius 3 is 2.46 bits per heavy atom. The molecule has 3 rings (SSSR count). The molecule has 0 spiro atoms. The number of carbonyl (C=O) groups excluding carboxylic acids is 1. The number of hydrogen-bond donors (Lipinski definition) is 1. The summed E-state index contributed by atoms with van der Waals surface area (Å²) < 4.78 is 6.77. The fourth-order valence-corrected chi connectivity index (χ4v) is 2.83. The Morgan fingerprint density at radius 1 is 1.12 bits per heavy atom. The lowest BCUT2D eigenvalue weighted by Gasteiger charge is -2.05. The molecule has 0 aliphatic carbocycles. The van der Waals surface area contributed by atoms with Crippen LogP contribution < -0.4 is 5.32 Å². The van der Waals surface area contributed by atoms with Gasteiger partial charge in [0.1, 0.15) is 0 Å². The van der Waals surface area contributed by atoms with Gasteiger partial charge in [0, 0.05) is 28.6 Å². The van der Waals surface area contributed by atoms with Crippen LogP contribution in [-0.2, 0) is 11.2 Å². The Morgan fingerprint density at radius 2 is 1.81 bits per heavy atom. The predicted molar refractivity (Wildman–Crippen MR) is 107 cm³/mol. The van der Waals surface area contributed by atoms with Crippen LogP contribution in [0.1, 0.15) is 37.6 Å². The lowest BCUT2D eigenvalue weighted by molar-refractivity contribution is -0.116. The molecule has 0 atom stereocenters. The maximum absolute atomic E-state index is 12.1. The summed E-state index contributed by atoms with van der Waals surface area (Å²) >= 11 is 3.37. The lowest BCUT2D eigenvalue weighted by atomic mass is 10.0. The summed E-state index contributed by atoms with van der Waals surface area (Å²) in [5.41, 5.74) is 3.06. The van der Waals surface area contributed by atoms with E-state index in [0.717, 1.165) is 21.5 Å². The van der Waals surface area contributed by atoms with Crippen molar-refractivity contribution < 1.29 is 9.21 Å². The molecule has 1 heterocycles. The first-order valence-electron chi connectivity index (χ1n) is 8.62. The highest BCUT2D eigenvalue weighted by molar-refractivity contribution is 9.10. The monoisotopic (exact) mass is 412 g/mol. The van der Waals surface area contributed by atoms with Crippen LogP contribution in [-0.4, -0.2) is 10.9 Å². The Bertz CT molecular complexity index is 868. The fourth-order valence-electron chi connectivity index (χ4n) is 2.57. The number of oxazole rings is 1. The maximum Gasteiger partial charge on any atom is 0.224 e. The maximum atomic E-state index is 12.1. The van der Waals surface area contributed by atoms with Gasteiger partial charge in [-0.05, 0) is 35.7 Å². The number of carbonyl (C=O) groups is 1. The van der Waals surface area contributed by atoms with Crippen molar-refractivity contribution in [2.75, 3.05) is 5.32 Å². The van der Waals surface area contributed by atoms with Crippen molar-refractivity contribution in [1.82, 2.24) is 4.98 Å². The normalized spacial score (nSPS) is 10.9. The molecule has 0 saturated carbocycles. The van der Waals surface area contributed by atoms with Gasteiger partial charge in [-0.15, -0.1) is 0 Å². The zero-order chi connectivity index (χ0) is 18.5. The third-order valence-electron chi connectivity index (χ3n) is 4.11. The average Bonchev–Trinajstić information content (AvgIpc) is 3.11. The number of aromatic nitrogens is 1. The molecule has 1 aromatic heterocycles. The first kappa shape index (κ1) is 18.4. The molecule has 3 aromatic rings. The van der Waals surface area contributed by atoms with Crippen molar-refractivity contribution in [3.05, 3.63) is 70.7 Å². The van der Waals surface area contributed by atoms with E-state index in [4.69, 9.17) is 4.42 Å². The summed E-state index contributed by atoms with van der Waals surface area (Å²) in [7, 11) is 0. The first-order valence-corrected chi connectivity index (χ1v) is 9.41. The number of nitrogens with one attached hydrogen (secondary N) is 1. The molecule has 2 aromatic carbocycles. The number of nitrogens with zero attached hydrogens (tertiary/aromatic N) is 1. The van der Waals surface area contributed by atoms with Gasteiger partial charge in [-0.2, -0.15) is 0 Å². The van der Waals surface area contributed by atoms with E-state index in [1.807, 2.05) is 36.4 Å². The van der Waals surface area contributed by atoms with Crippen molar-refractivity contribution in [3.8, 4) is 11.3 Å². The van der Waals surface area contributed by atoms with Crippen LogP contribution in [0.2, 0.25) is 0 Å². The third kappa shape index (κ3) is 4.82. The highest BCUT2D eigenvalue weighted by Gasteiger charge is 2.10. The molecular weight excluding hydrogens is 392 g/mol. The minimum atomic E-state index is -0.0617. The number of amides is 1. The van der Waals surface area contributed by atoms with Crippen molar-refractivity contribution in [3.63, 3.8) is 0 Å². The van der Waals surface area contributed by atoms with Crippen molar-refractivity contribution in [2.24, 2.45) is 0 Å². The number of rotatable bonds is 6. The van der Waals surface area contributed by atoms with Gasteiger partial charge in [-0.3, -0.25) is 4.79 Å². The van der Waals surface area contributed by atoms with E-state index in [0.29, 0.717) is 24.7 Å². The Labute approximate surface area is 161 Å². The smallest absolute Gasteiger partial charge is 0.224 e. The molecule has 1 N–H and O–H groups in total. The summed E-state index contributed by atoms with van der Waals surface area (Å²) in [6, 6.07) is 15.8. The van der Waals surface area contributed by atoms with Crippen LogP contribution in [0.5, 0.6) is 0 Å². The van der Waals surface area contributed by atoms with Crippen LogP contribution >= 0.6 is 15.9 Å². The van der Waals surface area contributed by atoms with Gasteiger partial charge in [-0.25, -0.2) is 4.98 Å². The topological polar surface area (TPSA) is 55.1 Å². The standard InChI is InChI=1S/C21H21BrN2O2/c1-14(2)15-3-5-16(6-4-15)19-13-23-21(26-19)12-11-20(25)24-18-9-7-17(22)8-10-18/h3-10,13-14H,11-12H2,1-2H3,(H,24,25). The lowest BCUT2D eigenvalue weighted by Crippen LogP contribution is -2.12. The van der Waals surface area contributed by atoms with Gasteiger partial charge in [-0.1, -0.05) is 54.0 Å². The zero-order valence-corrected chi connectivity index (χ0v) is 16.4. The largest absolute Gasteiger partial charge is 0.441 e. The summed E-state index contributed by atoms with van der Waals surface area (Å²) in [6.45, 7) is 4.34.